The van der Waals surface area contributed by atoms with Crippen molar-refractivity contribution in [2.75, 3.05) is 6.54 Å². The topological polar surface area (TPSA) is 55.1 Å². The Kier molecular flexibility index (Phi) is 6.39. The molecule has 4 heteroatoms. The minimum Gasteiger partial charge on any atom is -0.441 e. The fourth-order valence-corrected chi connectivity index (χ4v) is 2.32. The van der Waals surface area contributed by atoms with Gasteiger partial charge in [0.2, 0.25) is 5.91 Å². The largest absolute Gasteiger partial charge is 0.441 e. The molecular weight excluding hydrogens is 288 g/mol. The second kappa shape index (κ2) is 8.51. The van der Waals surface area contributed by atoms with Crippen molar-refractivity contribution in [3.63, 3.8) is 0 Å². The molecule has 0 aliphatic heterocycles. The third kappa shape index (κ3) is 5.89. The Morgan fingerprint density at radius 2 is 2.00 bits per heavy atom. The Labute approximate surface area is 138 Å². The number of aromatic nitrogens is 1. The van der Waals surface area contributed by atoms with Gasteiger partial charge in [0.1, 0.15) is 0 Å². The highest BCUT2D eigenvalue weighted by Gasteiger charge is 2.09. The Balaban J connectivity index is 1.76. The first-order valence-corrected chi connectivity index (χ1v) is 8.33. The van der Waals surface area contributed by atoms with Crippen LogP contribution < -0.4 is 5.32 Å². The van der Waals surface area contributed by atoms with Gasteiger partial charge in [-0.3, -0.25) is 4.79 Å². The minimum absolute atomic E-state index is 0.0591. The molecule has 23 heavy (non-hydrogen) atoms. The molecule has 1 N–H and O–H groups in total. The van der Waals surface area contributed by atoms with Crippen LogP contribution in [0.25, 0.3) is 11.3 Å². The predicted molar refractivity (Wildman–Crippen MR) is 92.1 cm³/mol. The van der Waals surface area contributed by atoms with Crippen LogP contribution in [-0.4, -0.2) is 17.4 Å². The standard InChI is InChI=1S/C19H26N2O2/c1-14(2)5-4-12-20-18(22)10-11-19-21-13-17(23-19)16-8-6-15(3)7-9-16/h6-9,13-14H,4-5,10-12H2,1-3H3,(H,20,22). The Morgan fingerprint density at radius 1 is 1.26 bits per heavy atom. The van der Waals surface area contributed by atoms with E-state index in [0.717, 1.165) is 30.7 Å². The van der Waals surface area contributed by atoms with E-state index < -0.39 is 0 Å². The zero-order valence-corrected chi connectivity index (χ0v) is 14.3. The number of rotatable bonds is 8. The number of aryl methyl sites for hydroxylation is 2. The second-order valence-corrected chi connectivity index (χ2v) is 6.37. The van der Waals surface area contributed by atoms with Crippen LogP contribution in [-0.2, 0) is 11.2 Å². The van der Waals surface area contributed by atoms with Gasteiger partial charge in [0.15, 0.2) is 11.7 Å². The zero-order chi connectivity index (χ0) is 16.7. The third-order valence-corrected chi connectivity index (χ3v) is 3.74. The van der Waals surface area contributed by atoms with E-state index in [1.54, 1.807) is 6.20 Å². The Bertz CT molecular complexity index is 615. The van der Waals surface area contributed by atoms with E-state index in [4.69, 9.17) is 4.42 Å². The molecule has 0 bridgehead atoms. The van der Waals surface area contributed by atoms with Gasteiger partial charge in [0.05, 0.1) is 6.20 Å². The fourth-order valence-electron chi connectivity index (χ4n) is 2.32. The quantitative estimate of drug-likeness (QED) is 0.745. The maximum absolute atomic E-state index is 11.8. The van der Waals surface area contributed by atoms with E-state index in [0.29, 0.717) is 24.7 Å². The molecular formula is C19H26N2O2. The lowest BCUT2D eigenvalue weighted by atomic mass is 10.1. The molecule has 2 aromatic rings. The van der Waals surface area contributed by atoms with E-state index in [2.05, 4.69) is 31.1 Å². The summed E-state index contributed by atoms with van der Waals surface area (Å²) in [5.41, 5.74) is 2.22. The molecule has 1 aromatic carbocycles. The molecule has 1 amide bonds. The van der Waals surface area contributed by atoms with Gasteiger partial charge >= 0.3 is 0 Å². The van der Waals surface area contributed by atoms with Crippen molar-refractivity contribution >= 4 is 5.91 Å². The summed E-state index contributed by atoms with van der Waals surface area (Å²) in [5, 5.41) is 2.94. The molecule has 0 saturated heterocycles. The van der Waals surface area contributed by atoms with Crippen molar-refractivity contribution in [1.82, 2.24) is 10.3 Å². The lowest BCUT2D eigenvalue weighted by Crippen LogP contribution is -2.24. The van der Waals surface area contributed by atoms with Gasteiger partial charge in [0, 0.05) is 24.9 Å². The molecule has 0 fully saturated rings. The zero-order valence-electron chi connectivity index (χ0n) is 14.3. The first kappa shape index (κ1) is 17.3. The summed E-state index contributed by atoms with van der Waals surface area (Å²) in [5.74, 6) is 2.10. The third-order valence-electron chi connectivity index (χ3n) is 3.74. The molecule has 124 valence electrons. The summed E-state index contributed by atoms with van der Waals surface area (Å²) in [6, 6.07) is 8.12. The van der Waals surface area contributed by atoms with Gasteiger partial charge < -0.3 is 9.73 Å². The monoisotopic (exact) mass is 314 g/mol. The van der Waals surface area contributed by atoms with Crippen molar-refractivity contribution in [3.05, 3.63) is 41.9 Å². The molecule has 0 spiro atoms. The van der Waals surface area contributed by atoms with Gasteiger partial charge in [-0.15, -0.1) is 0 Å². The number of hydrogen-bond donors (Lipinski definition) is 1. The van der Waals surface area contributed by atoms with E-state index in [9.17, 15) is 4.79 Å². The van der Waals surface area contributed by atoms with Crippen LogP contribution in [0.4, 0.5) is 0 Å². The van der Waals surface area contributed by atoms with Crippen LogP contribution in [0.3, 0.4) is 0 Å². The average Bonchev–Trinajstić information content (AvgIpc) is 2.99. The molecule has 0 aliphatic rings. The molecule has 1 aromatic heterocycles. The number of benzene rings is 1. The average molecular weight is 314 g/mol. The Hall–Kier alpha value is -2.10. The van der Waals surface area contributed by atoms with Crippen molar-refractivity contribution in [2.45, 2.75) is 46.5 Å². The molecule has 0 unspecified atom stereocenters. The Morgan fingerprint density at radius 3 is 2.70 bits per heavy atom. The van der Waals surface area contributed by atoms with E-state index in [1.165, 1.54) is 5.56 Å². The lowest BCUT2D eigenvalue weighted by Gasteiger charge is -2.06. The van der Waals surface area contributed by atoms with Crippen molar-refractivity contribution in [1.29, 1.82) is 0 Å². The highest BCUT2D eigenvalue weighted by molar-refractivity contribution is 5.76. The van der Waals surface area contributed by atoms with Gasteiger partial charge in [0.25, 0.3) is 0 Å². The number of hydrogen-bond acceptors (Lipinski definition) is 3. The van der Waals surface area contributed by atoms with Crippen LogP contribution in [0.2, 0.25) is 0 Å². The fraction of sp³-hybridized carbons (Fsp3) is 0.474. The summed E-state index contributed by atoms with van der Waals surface area (Å²) in [4.78, 5) is 16.1. The lowest BCUT2D eigenvalue weighted by molar-refractivity contribution is -0.121. The van der Waals surface area contributed by atoms with E-state index in [1.807, 2.05) is 24.3 Å². The van der Waals surface area contributed by atoms with Crippen LogP contribution in [0.5, 0.6) is 0 Å². The van der Waals surface area contributed by atoms with Crippen molar-refractivity contribution in [2.24, 2.45) is 5.92 Å². The van der Waals surface area contributed by atoms with E-state index >= 15 is 0 Å². The van der Waals surface area contributed by atoms with Crippen molar-refractivity contribution < 1.29 is 9.21 Å². The van der Waals surface area contributed by atoms with Gasteiger partial charge in [-0.05, 0) is 25.7 Å². The number of oxazole rings is 1. The van der Waals surface area contributed by atoms with E-state index in [-0.39, 0.29) is 5.91 Å². The summed E-state index contributed by atoms with van der Waals surface area (Å²) in [7, 11) is 0. The van der Waals surface area contributed by atoms with Gasteiger partial charge in [-0.1, -0.05) is 43.7 Å². The summed E-state index contributed by atoms with van der Waals surface area (Å²) in [6.07, 6.45) is 4.83. The van der Waals surface area contributed by atoms with Gasteiger partial charge in [-0.2, -0.15) is 0 Å². The van der Waals surface area contributed by atoms with Crippen LogP contribution in [0, 0.1) is 12.8 Å². The first-order valence-electron chi connectivity index (χ1n) is 8.33. The summed E-state index contributed by atoms with van der Waals surface area (Å²) in [6.45, 7) is 7.18. The summed E-state index contributed by atoms with van der Waals surface area (Å²) < 4.78 is 5.73. The maximum Gasteiger partial charge on any atom is 0.220 e. The SMILES string of the molecule is Cc1ccc(-c2cnc(CCC(=O)NCCCC(C)C)o2)cc1. The molecule has 1 heterocycles. The predicted octanol–water partition coefficient (Wildman–Crippen LogP) is 4.14. The molecule has 0 radical (unpaired) electrons. The van der Waals surface area contributed by atoms with Crippen LogP contribution in [0.1, 0.15) is 44.6 Å². The first-order chi connectivity index (χ1) is 11.0. The summed E-state index contributed by atoms with van der Waals surface area (Å²) >= 11 is 0. The van der Waals surface area contributed by atoms with Crippen molar-refractivity contribution in [3.8, 4) is 11.3 Å². The smallest absolute Gasteiger partial charge is 0.220 e. The number of carbonyl (C=O) groups excluding carboxylic acids is 1. The van der Waals surface area contributed by atoms with Crippen LogP contribution >= 0.6 is 0 Å². The second-order valence-electron chi connectivity index (χ2n) is 6.37. The van der Waals surface area contributed by atoms with Crippen LogP contribution in [0.15, 0.2) is 34.9 Å². The molecule has 4 nitrogen and oxygen atoms in total. The number of nitrogens with zero attached hydrogens (tertiary/aromatic N) is 1. The number of carbonyl (C=O) groups is 1. The number of nitrogens with one attached hydrogen (secondary N) is 1. The van der Waals surface area contributed by atoms with Gasteiger partial charge in [-0.25, -0.2) is 4.98 Å². The minimum atomic E-state index is 0.0591. The highest BCUT2D eigenvalue weighted by atomic mass is 16.4. The normalized spacial score (nSPS) is 11.0. The molecule has 0 atom stereocenters. The number of amides is 1. The molecule has 0 saturated carbocycles. The molecule has 0 aliphatic carbocycles. The highest BCUT2D eigenvalue weighted by Crippen LogP contribution is 2.21. The molecule has 2 rings (SSSR count). The maximum atomic E-state index is 11.8.